The van der Waals surface area contributed by atoms with Crippen molar-refractivity contribution >= 4 is 17.4 Å². The molecule has 1 fully saturated rings. The highest BCUT2D eigenvalue weighted by molar-refractivity contribution is 7.13. The lowest BCUT2D eigenvalue weighted by Crippen LogP contribution is -2.42. The van der Waals surface area contributed by atoms with Crippen molar-refractivity contribution in [1.82, 2.24) is 14.9 Å². The van der Waals surface area contributed by atoms with Crippen LogP contribution in [0.5, 0.6) is 0 Å². The van der Waals surface area contributed by atoms with Crippen LogP contribution in [0.3, 0.4) is 0 Å². The molecule has 1 atom stereocenters. The van der Waals surface area contributed by atoms with E-state index in [-0.39, 0.29) is 12.0 Å². The van der Waals surface area contributed by atoms with Crippen LogP contribution < -0.4 is 0 Å². The number of amides is 1. The summed E-state index contributed by atoms with van der Waals surface area (Å²) < 4.78 is 5.49. The lowest BCUT2D eigenvalue weighted by molar-refractivity contribution is 0.0196. The van der Waals surface area contributed by atoms with Crippen molar-refractivity contribution in [3.05, 3.63) is 35.6 Å². The van der Waals surface area contributed by atoms with Gasteiger partial charge in [0.25, 0.3) is 0 Å². The molecule has 0 unspecified atom stereocenters. The molecule has 5 nitrogen and oxygen atoms in total. The molecule has 1 aliphatic heterocycles. The van der Waals surface area contributed by atoms with Gasteiger partial charge < -0.3 is 9.64 Å². The highest BCUT2D eigenvalue weighted by Gasteiger charge is 2.29. The van der Waals surface area contributed by atoms with E-state index in [0.717, 1.165) is 35.8 Å². The molecule has 0 spiro atoms. The Morgan fingerprint density at radius 1 is 1.38 bits per heavy atom. The minimum Gasteiger partial charge on any atom is -0.444 e. The monoisotopic (exact) mass is 345 g/mol. The molecular formula is C18H23N3O2S. The van der Waals surface area contributed by atoms with Crippen molar-refractivity contribution in [1.29, 1.82) is 0 Å². The fourth-order valence-corrected chi connectivity index (χ4v) is 3.51. The number of likely N-dealkylation sites (tertiary alicyclic amines) is 1. The van der Waals surface area contributed by atoms with Crippen LogP contribution in [-0.2, 0) is 4.74 Å². The summed E-state index contributed by atoms with van der Waals surface area (Å²) in [4.78, 5) is 24.4. The molecule has 3 rings (SSSR count). The predicted octanol–water partition coefficient (Wildman–Crippen LogP) is 4.32. The quantitative estimate of drug-likeness (QED) is 0.813. The number of thiophene rings is 1. The molecule has 1 amide bonds. The van der Waals surface area contributed by atoms with Gasteiger partial charge in [-0.3, -0.25) is 0 Å². The average Bonchev–Trinajstić information content (AvgIpc) is 3.08. The first kappa shape index (κ1) is 16.9. The molecule has 2 aromatic heterocycles. The third kappa shape index (κ3) is 4.12. The Balaban J connectivity index is 1.73. The van der Waals surface area contributed by atoms with Gasteiger partial charge in [-0.15, -0.1) is 11.3 Å². The predicted molar refractivity (Wildman–Crippen MR) is 95.1 cm³/mol. The maximum absolute atomic E-state index is 12.3. The molecule has 1 saturated heterocycles. The van der Waals surface area contributed by atoms with Gasteiger partial charge in [-0.05, 0) is 51.1 Å². The van der Waals surface area contributed by atoms with E-state index in [9.17, 15) is 4.79 Å². The zero-order valence-electron chi connectivity index (χ0n) is 14.4. The van der Waals surface area contributed by atoms with Crippen molar-refractivity contribution in [2.24, 2.45) is 0 Å². The van der Waals surface area contributed by atoms with E-state index < -0.39 is 5.60 Å². The summed E-state index contributed by atoms with van der Waals surface area (Å²) in [7, 11) is 0. The summed E-state index contributed by atoms with van der Waals surface area (Å²) >= 11 is 1.67. The second-order valence-corrected chi connectivity index (χ2v) is 7.99. The van der Waals surface area contributed by atoms with Gasteiger partial charge in [-0.1, -0.05) is 6.07 Å². The van der Waals surface area contributed by atoms with Crippen LogP contribution in [0.15, 0.2) is 29.8 Å². The molecule has 0 saturated carbocycles. The molecule has 2 aromatic rings. The number of aromatic nitrogens is 2. The van der Waals surface area contributed by atoms with Gasteiger partial charge in [0.15, 0.2) is 0 Å². The second-order valence-electron chi connectivity index (χ2n) is 7.04. The van der Waals surface area contributed by atoms with Crippen LogP contribution in [0.4, 0.5) is 4.79 Å². The average molecular weight is 345 g/mol. The SMILES string of the molecule is CC(C)(C)OC(=O)N1CCC[C@H](c2nccc(-c3cccs3)n2)C1. The van der Waals surface area contributed by atoms with E-state index in [2.05, 4.69) is 11.1 Å². The first-order chi connectivity index (χ1) is 11.4. The summed E-state index contributed by atoms with van der Waals surface area (Å²) in [5.74, 6) is 0.973. The van der Waals surface area contributed by atoms with E-state index in [1.807, 2.05) is 44.5 Å². The van der Waals surface area contributed by atoms with E-state index in [0.29, 0.717) is 6.54 Å². The van der Waals surface area contributed by atoms with Crippen LogP contribution in [0.2, 0.25) is 0 Å². The minimum absolute atomic E-state index is 0.159. The smallest absolute Gasteiger partial charge is 0.410 e. The van der Waals surface area contributed by atoms with Crippen molar-refractivity contribution in [2.75, 3.05) is 13.1 Å². The van der Waals surface area contributed by atoms with Crippen LogP contribution >= 0.6 is 11.3 Å². The lowest BCUT2D eigenvalue weighted by atomic mass is 9.97. The van der Waals surface area contributed by atoms with Gasteiger partial charge in [0.2, 0.25) is 0 Å². The summed E-state index contributed by atoms with van der Waals surface area (Å²) in [6.45, 7) is 7.01. The number of carbonyl (C=O) groups excluding carboxylic acids is 1. The van der Waals surface area contributed by atoms with Crippen molar-refractivity contribution < 1.29 is 9.53 Å². The Morgan fingerprint density at radius 2 is 2.21 bits per heavy atom. The number of nitrogens with zero attached hydrogens (tertiary/aromatic N) is 3. The topological polar surface area (TPSA) is 55.3 Å². The Labute approximate surface area is 146 Å². The highest BCUT2D eigenvalue weighted by atomic mass is 32.1. The van der Waals surface area contributed by atoms with E-state index in [1.54, 1.807) is 16.2 Å². The first-order valence-corrected chi connectivity index (χ1v) is 9.15. The molecule has 128 valence electrons. The standard InChI is InChI=1S/C18H23N3O2S/c1-18(2,3)23-17(22)21-10-4-6-13(12-21)16-19-9-8-14(20-16)15-7-5-11-24-15/h5,7-9,11,13H,4,6,10,12H2,1-3H3/t13-/m0/s1. The highest BCUT2D eigenvalue weighted by Crippen LogP contribution is 2.28. The third-order valence-electron chi connectivity index (χ3n) is 3.89. The third-order valence-corrected chi connectivity index (χ3v) is 4.78. The molecule has 1 aliphatic rings. The first-order valence-electron chi connectivity index (χ1n) is 8.27. The Kier molecular flexibility index (Phi) is 4.85. The van der Waals surface area contributed by atoms with Gasteiger partial charge in [0, 0.05) is 25.2 Å². The maximum atomic E-state index is 12.3. The van der Waals surface area contributed by atoms with Crippen LogP contribution in [0, 0.1) is 0 Å². The molecule has 0 aromatic carbocycles. The van der Waals surface area contributed by atoms with E-state index in [1.165, 1.54) is 0 Å². The van der Waals surface area contributed by atoms with Gasteiger partial charge >= 0.3 is 6.09 Å². The summed E-state index contributed by atoms with van der Waals surface area (Å²) in [6.07, 6.45) is 3.50. The molecule has 0 bridgehead atoms. The Hall–Kier alpha value is -1.95. The summed E-state index contributed by atoms with van der Waals surface area (Å²) in [5.41, 5.74) is 0.476. The number of ether oxygens (including phenoxy) is 1. The molecular weight excluding hydrogens is 322 g/mol. The minimum atomic E-state index is -0.473. The Morgan fingerprint density at radius 3 is 2.92 bits per heavy atom. The van der Waals surface area contributed by atoms with E-state index >= 15 is 0 Å². The number of piperidine rings is 1. The van der Waals surface area contributed by atoms with Gasteiger partial charge in [0.1, 0.15) is 11.4 Å². The molecule has 0 aliphatic carbocycles. The number of hydrogen-bond donors (Lipinski definition) is 0. The van der Waals surface area contributed by atoms with Gasteiger partial charge in [-0.25, -0.2) is 14.8 Å². The van der Waals surface area contributed by atoms with Crippen molar-refractivity contribution in [3.63, 3.8) is 0 Å². The number of carbonyl (C=O) groups is 1. The molecule has 3 heterocycles. The zero-order chi connectivity index (χ0) is 17.2. The second kappa shape index (κ2) is 6.89. The summed E-state index contributed by atoms with van der Waals surface area (Å²) in [6, 6.07) is 6.01. The number of rotatable bonds is 2. The molecule has 24 heavy (non-hydrogen) atoms. The molecule has 0 N–H and O–H groups in total. The molecule has 6 heteroatoms. The van der Waals surface area contributed by atoms with Crippen LogP contribution in [-0.4, -0.2) is 39.7 Å². The molecule has 0 radical (unpaired) electrons. The fraction of sp³-hybridized carbons (Fsp3) is 0.500. The zero-order valence-corrected chi connectivity index (χ0v) is 15.2. The fourth-order valence-electron chi connectivity index (χ4n) is 2.81. The number of hydrogen-bond acceptors (Lipinski definition) is 5. The normalized spacial score (nSPS) is 18.5. The largest absolute Gasteiger partial charge is 0.444 e. The van der Waals surface area contributed by atoms with Crippen LogP contribution in [0.25, 0.3) is 10.6 Å². The van der Waals surface area contributed by atoms with Gasteiger partial charge in [-0.2, -0.15) is 0 Å². The lowest BCUT2D eigenvalue weighted by Gasteiger charge is -2.33. The summed E-state index contributed by atoms with van der Waals surface area (Å²) in [5, 5.41) is 2.04. The maximum Gasteiger partial charge on any atom is 0.410 e. The van der Waals surface area contributed by atoms with Gasteiger partial charge in [0.05, 0.1) is 10.6 Å². The van der Waals surface area contributed by atoms with Crippen molar-refractivity contribution in [2.45, 2.75) is 45.1 Å². The Bertz CT molecular complexity index is 695. The van der Waals surface area contributed by atoms with Crippen molar-refractivity contribution in [3.8, 4) is 10.6 Å². The van der Waals surface area contributed by atoms with E-state index in [4.69, 9.17) is 9.72 Å². The van der Waals surface area contributed by atoms with Crippen LogP contribution in [0.1, 0.15) is 45.4 Å².